The largest absolute Gasteiger partial charge is 0.374 e. The first-order valence-corrected chi connectivity index (χ1v) is 9.75. The molecule has 4 N–H and O–H groups in total. The summed E-state index contributed by atoms with van der Waals surface area (Å²) in [6.07, 6.45) is 4.10. The van der Waals surface area contributed by atoms with E-state index in [4.69, 9.17) is 10.8 Å². The number of anilines is 1. The maximum absolute atomic E-state index is 10.3. The standard InChI is InChI=1S/C19H21N7OS/c1-10(11(2)20)14-15-16(28-17(14)21)18(24-9-23-15)26-7-13(8-26)25-19(27)12-3-5-22-6-4-12/h3-6,9,13,19-21,25,27H,7-8H2,1-2H3/b14-10-,20-11?,21-17?. The monoisotopic (exact) mass is 395 g/mol. The van der Waals surface area contributed by atoms with Crippen molar-refractivity contribution in [3.8, 4) is 0 Å². The number of aliphatic hydroxyl groups is 1. The number of fused-ring (bicyclic) bond motifs is 1. The Kier molecular flexibility index (Phi) is 4.96. The molecule has 0 saturated carbocycles. The fraction of sp³-hybridized carbons (Fsp3) is 0.316. The van der Waals surface area contributed by atoms with Crippen molar-refractivity contribution in [3.05, 3.63) is 47.7 Å². The van der Waals surface area contributed by atoms with E-state index in [-0.39, 0.29) is 6.04 Å². The van der Waals surface area contributed by atoms with Crippen LogP contribution in [-0.2, 0) is 0 Å². The van der Waals surface area contributed by atoms with E-state index >= 15 is 0 Å². The van der Waals surface area contributed by atoms with Gasteiger partial charge in [-0.3, -0.25) is 15.7 Å². The number of allylic oxidation sites excluding steroid dienone is 1. The predicted molar refractivity (Wildman–Crippen MR) is 110 cm³/mol. The van der Waals surface area contributed by atoms with E-state index in [0.29, 0.717) is 23.8 Å². The normalized spacial score (nSPS) is 19.2. The SMILES string of the molecule is CC(=N)/C(C)=C1\C(=N)Sc2c1ncnc2N1CC(NC(O)c2ccncc2)C1. The Morgan fingerprint density at radius 2 is 2.00 bits per heavy atom. The second-order valence-electron chi connectivity index (χ2n) is 6.88. The van der Waals surface area contributed by atoms with Crippen molar-refractivity contribution in [2.45, 2.75) is 31.0 Å². The van der Waals surface area contributed by atoms with Crippen molar-refractivity contribution in [1.29, 1.82) is 10.8 Å². The van der Waals surface area contributed by atoms with Crippen LogP contribution < -0.4 is 10.2 Å². The van der Waals surface area contributed by atoms with Gasteiger partial charge in [-0.15, -0.1) is 0 Å². The van der Waals surface area contributed by atoms with Crippen LogP contribution in [0.15, 0.2) is 41.3 Å². The second-order valence-corrected chi connectivity index (χ2v) is 7.90. The molecule has 2 aliphatic heterocycles. The van der Waals surface area contributed by atoms with E-state index in [9.17, 15) is 5.11 Å². The summed E-state index contributed by atoms with van der Waals surface area (Å²) in [5, 5.41) is 30.1. The molecule has 1 unspecified atom stereocenters. The number of aliphatic hydroxyl groups excluding tert-OH is 1. The van der Waals surface area contributed by atoms with Gasteiger partial charge in [0.15, 0.2) is 0 Å². The molecule has 0 bridgehead atoms. The number of thioether (sulfide) groups is 1. The molecular weight excluding hydrogens is 374 g/mol. The number of nitrogens with one attached hydrogen (secondary N) is 3. The van der Waals surface area contributed by atoms with Crippen LogP contribution in [0.1, 0.15) is 31.3 Å². The number of hydrogen-bond acceptors (Lipinski definition) is 9. The first-order valence-electron chi connectivity index (χ1n) is 8.93. The Morgan fingerprint density at radius 3 is 2.68 bits per heavy atom. The first kappa shape index (κ1) is 18.7. The molecule has 1 saturated heterocycles. The lowest BCUT2D eigenvalue weighted by molar-refractivity contribution is 0.116. The smallest absolute Gasteiger partial charge is 0.146 e. The van der Waals surface area contributed by atoms with Gasteiger partial charge < -0.3 is 15.4 Å². The van der Waals surface area contributed by atoms with Crippen molar-refractivity contribution >= 4 is 33.9 Å². The molecule has 1 fully saturated rings. The van der Waals surface area contributed by atoms with Crippen LogP contribution in [0.2, 0.25) is 0 Å². The summed E-state index contributed by atoms with van der Waals surface area (Å²) >= 11 is 1.35. The minimum atomic E-state index is -0.735. The van der Waals surface area contributed by atoms with Crippen LogP contribution in [-0.4, -0.2) is 49.9 Å². The molecule has 4 rings (SSSR count). The van der Waals surface area contributed by atoms with Crippen LogP contribution in [0, 0.1) is 10.8 Å². The fourth-order valence-electron chi connectivity index (χ4n) is 3.28. The summed E-state index contributed by atoms with van der Waals surface area (Å²) in [4.78, 5) is 15.8. The molecule has 2 aromatic heterocycles. The van der Waals surface area contributed by atoms with Gasteiger partial charge in [0.1, 0.15) is 23.4 Å². The molecule has 2 aromatic rings. The molecule has 0 amide bonds. The van der Waals surface area contributed by atoms with E-state index in [0.717, 1.165) is 33.1 Å². The molecule has 9 heteroatoms. The second kappa shape index (κ2) is 7.42. The van der Waals surface area contributed by atoms with E-state index in [1.807, 2.05) is 6.92 Å². The minimum absolute atomic E-state index is 0.139. The van der Waals surface area contributed by atoms with Gasteiger partial charge in [0.2, 0.25) is 0 Å². The molecule has 0 radical (unpaired) electrons. The maximum atomic E-state index is 10.3. The van der Waals surface area contributed by atoms with Gasteiger partial charge in [-0.1, -0.05) is 11.8 Å². The van der Waals surface area contributed by atoms with Gasteiger partial charge in [0.25, 0.3) is 0 Å². The lowest BCUT2D eigenvalue weighted by Crippen LogP contribution is -2.59. The van der Waals surface area contributed by atoms with Gasteiger partial charge in [0.05, 0.1) is 10.6 Å². The van der Waals surface area contributed by atoms with Crippen LogP contribution in [0.5, 0.6) is 0 Å². The van der Waals surface area contributed by atoms with Crippen molar-refractivity contribution in [1.82, 2.24) is 20.3 Å². The topological polar surface area (TPSA) is 122 Å². The van der Waals surface area contributed by atoms with E-state index in [1.54, 1.807) is 31.5 Å². The molecule has 0 aliphatic carbocycles. The summed E-state index contributed by atoms with van der Waals surface area (Å²) in [5.41, 5.74) is 3.45. The van der Waals surface area contributed by atoms with E-state index in [1.165, 1.54) is 18.1 Å². The third-order valence-electron chi connectivity index (χ3n) is 4.99. The molecule has 1 atom stereocenters. The number of hydrogen-bond donors (Lipinski definition) is 4. The Bertz CT molecular complexity index is 970. The number of rotatable bonds is 5. The van der Waals surface area contributed by atoms with E-state index in [2.05, 4.69) is 25.2 Å². The highest BCUT2D eigenvalue weighted by Gasteiger charge is 2.36. The van der Waals surface area contributed by atoms with Gasteiger partial charge in [0, 0.05) is 42.8 Å². The van der Waals surface area contributed by atoms with Gasteiger partial charge >= 0.3 is 0 Å². The molecular formula is C19H21N7OS. The Labute approximate surface area is 167 Å². The zero-order valence-corrected chi connectivity index (χ0v) is 16.4. The van der Waals surface area contributed by atoms with Crippen molar-refractivity contribution in [2.75, 3.05) is 18.0 Å². The van der Waals surface area contributed by atoms with Crippen LogP contribution in [0.25, 0.3) is 5.57 Å². The zero-order chi connectivity index (χ0) is 19.8. The summed E-state index contributed by atoms with van der Waals surface area (Å²) in [7, 11) is 0. The highest BCUT2D eigenvalue weighted by molar-refractivity contribution is 8.15. The summed E-state index contributed by atoms with van der Waals surface area (Å²) in [6.45, 7) is 5.00. The van der Waals surface area contributed by atoms with Crippen LogP contribution in [0.3, 0.4) is 0 Å². The average molecular weight is 395 g/mol. The lowest BCUT2D eigenvalue weighted by atomic mass is 10.0. The highest BCUT2D eigenvalue weighted by atomic mass is 32.2. The lowest BCUT2D eigenvalue weighted by Gasteiger charge is -2.42. The van der Waals surface area contributed by atoms with Crippen LogP contribution >= 0.6 is 11.8 Å². The van der Waals surface area contributed by atoms with Crippen molar-refractivity contribution in [2.24, 2.45) is 0 Å². The maximum Gasteiger partial charge on any atom is 0.146 e. The number of aromatic nitrogens is 3. The minimum Gasteiger partial charge on any atom is -0.374 e. The Balaban J connectivity index is 1.49. The van der Waals surface area contributed by atoms with Crippen LogP contribution in [0.4, 0.5) is 5.82 Å². The third kappa shape index (κ3) is 3.32. The quantitative estimate of drug-likeness (QED) is 0.452. The van der Waals surface area contributed by atoms with Gasteiger partial charge in [-0.25, -0.2) is 9.97 Å². The molecule has 0 aromatic carbocycles. The summed E-state index contributed by atoms with van der Waals surface area (Å²) in [6, 6.07) is 3.71. The molecule has 2 aliphatic rings. The number of nitrogens with zero attached hydrogens (tertiary/aromatic N) is 4. The van der Waals surface area contributed by atoms with E-state index < -0.39 is 6.23 Å². The number of pyridine rings is 1. The molecule has 8 nitrogen and oxygen atoms in total. The predicted octanol–water partition coefficient (Wildman–Crippen LogP) is 2.24. The molecule has 28 heavy (non-hydrogen) atoms. The zero-order valence-electron chi connectivity index (χ0n) is 15.6. The summed E-state index contributed by atoms with van der Waals surface area (Å²) in [5.74, 6) is 0.807. The Morgan fingerprint density at radius 1 is 1.29 bits per heavy atom. The van der Waals surface area contributed by atoms with Crippen molar-refractivity contribution < 1.29 is 5.11 Å². The third-order valence-corrected chi connectivity index (χ3v) is 5.98. The highest BCUT2D eigenvalue weighted by Crippen LogP contribution is 2.45. The molecule has 144 valence electrons. The van der Waals surface area contributed by atoms with Crippen molar-refractivity contribution in [3.63, 3.8) is 0 Å². The van der Waals surface area contributed by atoms with Gasteiger partial charge in [-0.2, -0.15) is 0 Å². The molecule has 0 spiro atoms. The fourth-order valence-corrected chi connectivity index (χ4v) is 4.36. The van der Waals surface area contributed by atoms with Gasteiger partial charge in [-0.05, 0) is 37.1 Å². The average Bonchev–Trinajstić information content (AvgIpc) is 3.00. The first-order chi connectivity index (χ1) is 13.5. The summed E-state index contributed by atoms with van der Waals surface area (Å²) < 4.78 is 0. The molecule has 4 heterocycles. The Hall–Kier alpha value is -2.62.